The normalized spacial score (nSPS) is 14.2. The topological polar surface area (TPSA) is 107 Å². The summed E-state index contributed by atoms with van der Waals surface area (Å²) in [5.74, 6) is 0. The van der Waals surface area contributed by atoms with E-state index in [1.807, 2.05) is 12.1 Å². The molecule has 0 amide bonds. The summed E-state index contributed by atoms with van der Waals surface area (Å²) in [7, 11) is 0. The lowest BCUT2D eigenvalue weighted by atomic mass is 10.1. The molecular formula is C17H19N5O2. The molecule has 1 saturated heterocycles. The van der Waals surface area contributed by atoms with Crippen LogP contribution in [0.4, 0.5) is 22.7 Å². The zero-order valence-corrected chi connectivity index (χ0v) is 13.2. The van der Waals surface area contributed by atoms with Gasteiger partial charge in [0.25, 0.3) is 0 Å². The van der Waals surface area contributed by atoms with E-state index in [0.717, 1.165) is 17.1 Å². The highest BCUT2D eigenvalue weighted by Gasteiger charge is 2.20. The number of aromatic nitrogens is 1. The maximum atomic E-state index is 9.54. The molecule has 124 valence electrons. The number of rotatable bonds is 4. The molecule has 7 heteroatoms. The summed E-state index contributed by atoms with van der Waals surface area (Å²) in [4.78, 5) is 6.18. The van der Waals surface area contributed by atoms with Crippen LogP contribution in [0.1, 0.15) is 11.3 Å². The first kappa shape index (κ1) is 16.1. The fourth-order valence-corrected chi connectivity index (χ4v) is 2.74. The standard InChI is InChI=1S/C17H19N5O2/c18-10-14-15(19)1-2-16(17(14)22-5-7-24-8-6-22)21-12-3-4-20-13(9-12)11-23/h1-4,9,23H,5-8,11,19H2,(H,20,21). The first-order valence-corrected chi connectivity index (χ1v) is 7.71. The van der Waals surface area contributed by atoms with Crippen molar-refractivity contribution in [3.8, 4) is 6.07 Å². The number of nitrogens with zero attached hydrogens (tertiary/aromatic N) is 3. The van der Waals surface area contributed by atoms with Crippen LogP contribution in [0.15, 0.2) is 30.5 Å². The highest BCUT2D eigenvalue weighted by atomic mass is 16.5. The van der Waals surface area contributed by atoms with E-state index in [0.29, 0.717) is 43.2 Å². The fraction of sp³-hybridized carbons (Fsp3) is 0.294. The van der Waals surface area contributed by atoms with E-state index in [4.69, 9.17) is 10.5 Å². The smallest absolute Gasteiger partial charge is 0.104 e. The number of nitrogens with two attached hydrogens (primary N) is 1. The SMILES string of the molecule is N#Cc1c(N)ccc(Nc2ccnc(CO)c2)c1N1CCOCC1. The van der Waals surface area contributed by atoms with Crippen molar-refractivity contribution in [2.45, 2.75) is 6.61 Å². The van der Waals surface area contributed by atoms with Gasteiger partial charge >= 0.3 is 0 Å². The highest BCUT2D eigenvalue weighted by molar-refractivity contribution is 5.85. The molecule has 2 aromatic rings. The van der Waals surface area contributed by atoms with E-state index in [1.165, 1.54) is 0 Å². The molecule has 4 N–H and O–H groups in total. The summed E-state index contributed by atoms with van der Waals surface area (Å²) in [6.45, 7) is 2.50. The van der Waals surface area contributed by atoms with Crippen molar-refractivity contribution in [1.29, 1.82) is 5.26 Å². The van der Waals surface area contributed by atoms with E-state index in [1.54, 1.807) is 18.3 Å². The van der Waals surface area contributed by atoms with Crippen molar-refractivity contribution in [1.82, 2.24) is 4.98 Å². The van der Waals surface area contributed by atoms with Crippen LogP contribution >= 0.6 is 0 Å². The average molecular weight is 325 g/mol. The van der Waals surface area contributed by atoms with Gasteiger partial charge in [-0.2, -0.15) is 5.26 Å². The molecule has 1 aromatic heterocycles. The predicted octanol–water partition coefficient (Wildman–Crippen LogP) is 1.61. The largest absolute Gasteiger partial charge is 0.398 e. The molecule has 0 radical (unpaired) electrons. The second kappa shape index (κ2) is 7.17. The van der Waals surface area contributed by atoms with Crippen LogP contribution in [0.5, 0.6) is 0 Å². The summed E-state index contributed by atoms with van der Waals surface area (Å²) < 4.78 is 5.40. The maximum absolute atomic E-state index is 9.54. The lowest BCUT2D eigenvalue weighted by molar-refractivity contribution is 0.123. The van der Waals surface area contributed by atoms with Gasteiger partial charge in [0.05, 0.1) is 42.6 Å². The molecule has 0 atom stereocenters. The number of benzene rings is 1. The van der Waals surface area contributed by atoms with Crippen LogP contribution in [0.25, 0.3) is 0 Å². The molecule has 1 aliphatic rings. The second-order valence-electron chi connectivity index (χ2n) is 5.46. The molecule has 24 heavy (non-hydrogen) atoms. The first-order chi connectivity index (χ1) is 11.7. The molecule has 7 nitrogen and oxygen atoms in total. The Morgan fingerprint density at radius 3 is 2.83 bits per heavy atom. The Morgan fingerprint density at radius 2 is 2.12 bits per heavy atom. The number of hydrogen-bond donors (Lipinski definition) is 3. The van der Waals surface area contributed by atoms with Crippen LogP contribution < -0.4 is 16.0 Å². The number of anilines is 4. The van der Waals surface area contributed by atoms with E-state index in [-0.39, 0.29) is 6.61 Å². The number of nitrogens with one attached hydrogen (secondary N) is 1. The van der Waals surface area contributed by atoms with Crippen molar-refractivity contribution in [3.05, 3.63) is 41.7 Å². The summed E-state index contributed by atoms with van der Waals surface area (Å²) in [6.07, 6.45) is 1.63. The molecule has 1 aromatic carbocycles. The average Bonchev–Trinajstić information content (AvgIpc) is 2.63. The zero-order valence-electron chi connectivity index (χ0n) is 13.2. The van der Waals surface area contributed by atoms with Crippen LogP contribution in [-0.4, -0.2) is 36.4 Å². The Morgan fingerprint density at radius 1 is 1.33 bits per heavy atom. The number of aliphatic hydroxyl groups is 1. The third kappa shape index (κ3) is 3.25. The summed E-state index contributed by atoms with van der Waals surface area (Å²) in [5, 5.41) is 22.1. The van der Waals surface area contributed by atoms with Crippen LogP contribution in [0.3, 0.4) is 0 Å². The monoisotopic (exact) mass is 325 g/mol. The van der Waals surface area contributed by atoms with Crippen molar-refractivity contribution < 1.29 is 9.84 Å². The van der Waals surface area contributed by atoms with Gasteiger partial charge in [-0.3, -0.25) is 4.98 Å². The molecule has 0 spiro atoms. The van der Waals surface area contributed by atoms with Crippen LogP contribution in [0.2, 0.25) is 0 Å². The lowest BCUT2D eigenvalue weighted by Crippen LogP contribution is -2.37. The fourth-order valence-electron chi connectivity index (χ4n) is 2.74. The van der Waals surface area contributed by atoms with E-state index >= 15 is 0 Å². The molecule has 0 unspecified atom stereocenters. The van der Waals surface area contributed by atoms with Crippen molar-refractivity contribution >= 4 is 22.7 Å². The van der Waals surface area contributed by atoms with Gasteiger partial charge in [-0.25, -0.2) is 0 Å². The number of ether oxygens (including phenoxy) is 1. The van der Waals surface area contributed by atoms with Gasteiger partial charge < -0.3 is 25.8 Å². The van der Waals surface area contributed by atoms with Gasteiger partial charge in [0.15, 0.2) is 0 Å². The molecule has 1 fully saturated rings. The minimum atomic E-state index is -0.128. The van der Waals surface area contributed by atoms with Gasteiger partial charge in [0.1, 0.15) is 11.6 Å². The van der Waals surface area contributed by atoms with E-state index < -0.39 is 0 Å². The first-order valence-electron chi connectivity index (χ1n) is 7.71. The minimum Gasteiger partial charge on any atom is -0.398 e. The summed E-state index contributed by atoms with van der Waals surface area (Å²) >= 11 is 0. The van der Waals surface area contributed by atoms with Crippen molar-refractivity contribution in [3.63, 3.8) is 0 Å². The molecule has 0 aliphatic carbocycles. The number of pyridine rings is 1. The Hall–Kier alpha value is -2.82. The summed E-state index contributed by atoms with van der Waals surface area (Å²) in [6, 6.07) is 9.37. The van der Waals surface area contributed by atoms with Crippen LogP contribution in [0, 0.1) is 11.3 Å². The predicted molar refractivity (Wildman–Crippen MR) is 92.0 cm³/mol. The second-order valence-corrected chi connectivity index (χ2v) is 5.46. The minimum absolute atomic E-state index is 0.128. The van der Waals surface area contributed by atoms with Gasteiger partial charge in [-0.05, 0) is 24.3 Å². The molecule has 0 bridgehead atoms. The third-order valence-corrected chi connectivity index (χ3v) is 3.91. The molecule has 1 aliphatic heterocycles. The number of hydrogen-bond acceptors (Lipinski definition) is 7. The van der Waals surface area contributed by atoms with Gasteiger partial charge in [-0.15, -0.1) is 0 Å². The number of nitriles is 1. The van der Waals surface area contributed by atoms with E-state index in [9.17, 15) is 10.4 Å². The van der Waals surface area contributed by atoms with Crippen molar-refractivity contribution in [2.75, 3.05) is 42.3 Å². The maximum Gasteiger partial charge on any atom is 0.104 e. The Bertz CT molecular complexity index is 766. The van der Waals surface area contributed by atoms with Gasteiger partial charge in [0, 0.05) is 25.0 Å². The van der Waals surface area contributed by atoms with E-state index in [2.05, 4.69) is 21.3 Å². The molecule has 0 saturated carbocycles. The Kier molecular flexibility index (Phi) is 4.79. The van der Waals surface area contributed by atoms with Crippen LogP contribution in [-0.2, 0) is 11.3 Å². The Balaban J connectivity index is 2.01. The summed E-state index contributed by atoms with van der Waals surface area (Å²) in [5.41, 5.74) is 9.84. The Labute approximate surface area is 140 Å². The molecule has 3 rings (SSSR count). The third-order valence-electron chi connectivity index (χ3n) is 3.91. The zero-order chi connectivity index (χ0) is 16.9. The van der Waals surface area contributed by atoms with Gasteiger partial charge in [-0.1, -0.05) is 0 Å². The van der Waals surface area contributed by atoms with Gasteiger partial charge in [0.2, 0.25) is 0 Å². The quantitative estimate of drug-likeness (QED) is 0.733. The lowest BCUT2D eigenvalue weighted by Gasteiger charge is -2.31. The highest BCUT2D eigenvalue weighted by Crippen LogP contribution is 2.36. The number of aliphatic hydroxyl groups excluding tert-OH is 1. The molecule has 2 heterocycles. The number of nitrogen functional groups attached to an aromatic ring is 1. The van der Waals surface area contributed by atoms with Crippen molar-refractivity contribution in [2.24, 2.45) is 0 Å². The molecular weight excluding hydrogens is 306 g/mol. The number of morpholine rings is 1.